The fraction of sp³-hybridized carbons (Fsp3) is 0.529. The van der Waals surface area contributed by atoms with Gasteiger partial charge >= 0.3 is 0 Å². The summed E-state index contributed by atoms with van der Waals surface area (Å²) in [4.78, 5) is 0. The summed E-state index contributed by atoms with van der Waals surface area (Å²) in [5.41, 5.74) is 1.05. The normalized spacial score (nSPS) is 27.5. The summed E-state index contributed by atoms with van der Waals surface area (Å²) >= 11 is 0. The quantitative estimate of drug-likeness (QED) is 0.721. The minimum Gasteiger partial charge on any atom is -0.497 e. The first-order valence-corrected chi connectivity index (χ1v) is 7.17. The van der Waals surface area contributed by atoms with Gasteiger partial charge in [0.2, 0.25) is 0 Å². The van der Waals surface area contributed by atoms with Crippen molar-refractivity contribution in [3.05, 3.63) is 29.8 Å². The molecule has 22 heavy (non-hydrogen) atoms. The minimum atomic E-state index is -0.468. The van der Waals surface area contributed by atoms with Gasteiger partial charge in [0.25, 0.3) is 0 Å². The second-order valence-electron chi connectivity index (χ2n) is 5.05. The van der Waals surface area contributed by atoms with Crippen LogP contribution in [0.15, 0.2) is 24.3 Å². The number of methoxy groups -OCH3 is 2. The van der Waals surface area contributed by atoms with Crippen LogP contribution in [0.5, 0.6) is 5.75 Å². The lowest BCUT2D eigenvalue weighted by atomic mass is 10.1. The number of hydrogen-bond acceptors (Lipinski definition) is 5. The zero-order valence-electron chi connectivity index (χ0n) is 13.2. The summed E-state index contributed by atoms with van der Waals surface area (Å²) in [6.07, 6.45) is 4.08. The van der Waals surface area contributed by atoms with Gasteiger partial charge in [0.05, 0.1) is 19.8 Å². The van der Waals surface area contributed by atoms with Gasteiger partial charge in [-0.15, -0.1) is 6.42 Å². The smallest absolute Gasteiger partial charge is 0.186 e. The third-order valence-electron chi connectivity index (χ3n) is 3.60. The van der Waals surface area contributed by atoms with E-state index in [0.29, 0.717) is 6.61 Å². The highest BCUT2D eigenvalue weighted by atomic mass is 16.7. The molecule has 1 aromatic rings. The van der Waals surface area contributed by atoms with Crippen LogP contribution in [-0.2, 0) is 25.6 Å². The third-order valence-corrected chi connectivity index (χ3v) is 3.60. The van der Waals surface area contributed by atoms with E-state index in [1.165, 1.54) is 0 Å². The van der Waals surface area contributed by atoms with Gasteiger partial charge in [-0.05, 0) is 24.6 Å². The average molecular weight is 306 g/mol. The molecule has 120 valence electrons. The summed E-state index contributed by atoms with van der Waals surface area (Å²) in [6, 6.07) is 7.73. The van der Waals surface area contributed by atoms with Crippen molar-refractivity contribution in [3.8, 4) is 18.1 Å². The zero-order chi connectivity index (χ0) is 15.9. The molecule has 0 amide bonds. The van der Waals surface area contributed by atoms with E-state index in [1.807, 2.05) is 31.2 Å². The Labute approximate surface area is 131 Å². The van der Waals surface area contributed by atoms with Gasteiger partial charge in [0, 0.05) is 7.11 Å². The molecule has 0 aromatic heterocycles. The second-order valence-corrected chi connectivity index (χ2v) is 5.05. The van der Waals surface area contributed by atoms with Crippen LogP contribution < -0.4 is 4.74 Å². The molecule has 0 spiro atoms. The molecular formula is C17H22O5. The van der Waals surface area contributed by atoms with Crippen LogP contribution in [0.25, 0.3) is 0 Å². The predicted molar refractivity (Wildman–Crippen MR) is 81.5 cm³/mol. The minimum absolute atomic E-state index is 0.133. The molecule has 5 nitrogen and oxygen atoms in total. The maximum Gasteiger partial charge on any atom is 0.186 e. The average Bonchev–Trinajstić information content (AvgIpc) is 2.86. The number of benzene rings is 1. The molecule has 0 saturated carbocycles. The van der Waals surface area contributed by atoms with Crippen LogP contribution in [-0.4, -0.2) is 45.4 Å². The molecule has 1 fully saturated rings. The fourth-order valence-corrected chi connectivity index (χ4v) is 2.44. The largest absolute Gasteiger partial charge is 0.497 e. The van der Waals surface area contributed by atoms with Gasteiger partial charge in [0.1, 0.15) is 24.6 Å². The van der Waals surface area contributed by atoms with E-state index in [9.17, 15) is 0 Å². The van der Waals surface area contributed by atoms with Gasteiger partial charge in [0.15, 0.2) is 6.29 Å². The highest BCUT2D eigenvalue weighted by molar-refractivity contribution is 5.26. The first-order valence-electron chi connectivity index (χ1n) is 7.17. The third kappa shape index (κ3) is 3.99. The van der Waals surface area contributed by atoms with Gasteiger partial charge in [-0.25, -0.2) is 0 Å². The molecular weight excluding hydrogens is 284 g/mol. The molecule has 1 aliphatic rings. The number of hydrogen-bond donors (Lipinski definition) is 0. The lowest BCUT2D eigenvalue weighted by molar-refractivity contribution is -0.158. The monoisotopic (exact) mass is 306 g/mol. The Morgan fingerprint density at radius 3 is 2.45 bits per heavy atom. The highest BCUT2D eigenvalue weighted by Gasteiger charge is 2.44. The summed E-state index contributed by atoms with van der Waals surface area (Å²) in [5, 5.41) is 0. The Hall–Kier alpha value is -1.58. The highest BCUT2D eigenvalue weighted by Crippen LogP contribution is 2.27. The van der Waals surface area contributed by atoms with Crippen molar-refractivity contribution in [2.75, 3.05) is 20.8 Å². The van der Waals surface area contributed by atoms with Crippen molar-refractivity contribution >= 4 is 0 Å². The Balaban J connectivity index is 1.97. The standard InChI is InChI=1S/C17H22O5/c1-5-10-20-16-15(12(2)22-17(16)19-4)21-11-13-6-8-14(18-3)9-7-13/h1,6-9,12,15-17H,10-11H2,2-4H3/t12-,15-,16+,17+/m0/s1. The van der Waals surface area contributed by atoms with Crippen LogP contribution >= 0.6 is 0 Å². The molecule has 1 saturated heterocycles. The number of ether oxygens (including phenoxy) is 5. The number of terminal acetylenes is 1. The van der Waals surface area contributed by atoms with Crippen molar-refractivity contribution < 1.29 is 23.7 Å². The molecule has 1 heterocycles. The number of rotatable bonds is 7. The van der Waals surface area contributed by atoms with E-state index < -0.39 is 6.29 Å². The van der Waals surface area contributed by atoms with Gasteiger partial charge in [-0.2, -0.15) is 0 Å². The molecule has 4 atom stereocenters. The fourth-order valence-electron chi connectivity index (χ4n) is 2.44. The molecule has 1 aliphatic heterocycles. The van der Waals surface area contributed by atoms with E-state index in [0.717, 1.165) is 11.3 Å². The lowest BCUT2D eigenvalue weighted by Gasteiger charge is -2.22. The predicted octanol–water partition coefficient (Wildman–Crippen LogP) is 1.99. The van der Waals surface area contributed by atoms with Crippen LogP contribution in [0.2, 0.25) is 0 Å². The van der Waals surface area contributed by atoms with Gasteiger partial charge < -0.3 is 23.7 Å². The van der Waals surface area contributed by atoms with Crippen molar-refractivity contribution in [2.45, 2.75) is 38.1 Å². The van der Waals surface area contributed by atoms with E-state index in [4.69, 9.17) is 30.1 Å². The van der Waals surface area contributed by atoms with Gasteiger partial charge in [-0.1, -0.05) is 18.1 Å². The van der Waals surface area contributed by atoms with Gasteiger partial charge in [-0.3, -0.25) is 0 Å². The summed E-state index contributed by atoms with van der Waals surface area (Å²) in [6.45, 7) is 2.58. The summed E-state index contributed by atoms with van der Waals surface area (Å²) in [5.74, 6) is 3.27. The van der Waals surface area contributed by atoms with Crippen LogP contribution in [0, 0.1) is 12.3 Å². The molecule has 0 radical (unpaired) electrons. The maximum atomic E-state index is 5.98. The Kier molecular flexibility index (Phi) is 6.22. The van der Waals surface area contributed by atoms with Crippen molar-refractivity contribution in [1.82, 2.24) is 0 Å². The molecule has 0 bridgehead atoms. The first-order chi connectivity index (χ1) is 10.7. The molecule has 0 aliphatic carbocycles. The SMILES string of the molecule is C#CCO[C@H]1[C@H](OC)O[C@@H](C)[C@@H]1OCc1ccc(OC)cc1. The lowest BCUT2D eigenvalue weighted by Crippen LogP contribution is -2.37. The topological polar surface area (TPSA) is 46.2 Å². The Morgan fingerprint density at radius 2 is 1.86 bits per heavy atom. The van der Waals surface area contributed by atoms with Crippen molar-refractivity contribution in [3.63, 3.8) is 0 Å². The van der Waals surface area contributed by atoms with Crippen LogP contribution in [0.3, 0.4) is 0 Å². The maximum absolute atomic E-state index is 5.98. The van der Waals surface area contributed by atoms with E-state index in [2.05, 4.69) is 5.92 Å². The zero-order valence-corrected chi connectivity index (χ0v) is 13.2. The summed E-state index contributed by atoms with van der Waals surface area (Å²) < 4.78 is 27.7. The van der Waals surface area contributed by atoms with E-state index in [-0.39, 0.29) is 24.9 Å². The molecule has 1 aromatic carbocycles. The van der Waals surface area contributed by atoms with Crippen LogP contribution in [0.4, 0.5) is 0 Å². The molecule has 5 heteroatoms. The molecule has 0 unspecified atom stereocenters. The second kappa shape index (κ2) is 8.16. The van der Waals surface area contributed by atoms with Crippen molar-refractivity contribution in [2.24, 2.45) is 0 Å². The Morgan fingerprint density at radius 1 is 1.14 bits per heavy atom. The van der Waals surface area contributed by atoms with E-state index >= 15 is 0 Å². The summed E-state index contributed by atoms with van der Waals surface area (Å²) in [7, 11) is 3.22. The Bertz CT molecular complexity index is 493. The van der Waals surface area contributed by atoms with Crippen molar-refractivity contribution in [1.29, 1.82) is 0 Å². The molecule has 2 rings (SSSR count). The van der Waals surface area contributed by atoms with Crippen LogP contribution in [0.1, 0.15) is 12.5 Å². The first kappa shape index (κ1) is 16.8. The molecule has 0 N–H and O–H groups in total. The van der Waals surface area contributed by atoms with E-state index in [1.54, 1.807) is 14.2 Å².